The summed E-state index contributed by atoms with van der Waals surface area (Å²) in [4.78, 5) is 14.0. The fourth-order valence-corrected chi connectivity index (χ4v) is 3.60. The Morgan fingerprint density at radius 2 is 1.90 bits per heavy atom. The molecular weight excluding hydrogens is 391 g/mol. The van der Waals surface area contributed by atoms with Gasteiger partial charge in [-0.15, -0.1) is 0 Å². The van der Waals surface area contributed by atoms with Crippen LogP contribution >= 0.6 is 0 Å². The normalized spacial score (nSPS) is 15.8. The molecule has 0 bridgehead atoms. The lowest BCUT2D eigenvalue weighted by atomic mass is 9.84. The van der Waals surface area contributed by atoms with Gasteiger partial charge in [0, 0.05) is 50.9 Å². The fraction of sp³-hybridized carbons (Fsp3) is 0.500. The number of aromatic nitrogens is 1. The van der Waals surface area contributed by atoms with Gasteiger partial charge < -0.3 is 20.4 Å². The molecule has 6 nitrogen and oxygen atoms in total. The topological polar surface area (TPSA) is 55.8 Å². The third kappa shape index (κ3) is 6.66. The Morgan fingerprint density at radius 3 is 2.61 bits per heavy atom. The number of pyridine rings is 1. The second-order valence-corrected chi connectivity index (χ2v) is 8.76. The zero-order chi connectivity index (χ0) is 22.3. The van der Waals surface area contributed by atoms with Crippen molar-refractivity contribution >= 4 is 11.8 Å². The van der Waals surface area contributed by atoms with Crippen molar-refractivity contribution in [1.82, 2.24) is 20.5 Å². The van der Waals surface area contributed by atoms with Crippen LogP contribution in [0.15, 0.2) is 47.6 Å². The first-order valence-corrected chi connectivity index (χ1v) is 11.0. The van der Waals surface area contributed by atoms with Crippen LogP contribution < -0.4 is 15.5 Å². The van der Waals surface area contributed by atoms with E-state index in [4.69, 9.17) is 4.99 Å². The maximum absolute atomic E-state index is 13.6. The van der Waals surface area contributed by atoms with E-state index in [1.807, 2.05) is 25.3 Å². The van der Waals surface area contributed by atoms with Gasteiger partial charge in [0.05, 0.1) is 6.54 Å². The number of hydrogen-bond donors (Lipinski definition) is 2. The third-order valence-corrected chi connectivity index (χ3v) is 5.71. The Labute approximate surface area is 185 Å². The first-order chi connectivity index (χ1) is 14.9. The minimum Gasteiger partial charge on any atom is -0.357 e. The number of halogens is 1. The minimum absolute atomic E-state index is 0.208. The van der Waals surface area contributed by atoms with E-state index in [0.29, 0.717) is 13.1 Å². The molecule has 1 aliphatic heterocycles. The van der Waals surface area contributed by atoms with E-state index < -0.39 is 0 Å². The highest BCUT2D eigenvalue weighted by atomic mass is 19.1. The highest BCUT2D eigenvalue weighted by molar-refractivity contribution is 5.79. The van der Waals surface area contributed by atoms with Gasteiger partial charge in [-0.3, -0.25) is 0 Å². The number of likely N-dealkylation sites (N-methyl/N-ethyl adjacent to an activating group) is 1. The summed E-state index contributed by atoms with van der Waals surface area (Å²) in [7, 11) is 2.15. The van der Waals surface area contributed by atoms with Gasteiger partial charge >= 0.3 is 0 Å². The zero-order valence-electron chi connectivity index (χ0n) is 19.2. The summed E-state index contributed by atoms with van der Waals surface area (Å²) in [6.07, 6.45) is 1.87. The summed E-state index contributed by atoms with van der Waals surface area (Å²) in [6, 6.07) is 10.9. The summed E-state index contributed by atoms with van der Waals surface area (Å²) >= 11 is 0. The molecule has 31 heavy (non-hydrogen) atoms. The van der Waals surface area contributed by atoms with Crippen molar-refractivity contribution in [1.29, 1.82) is 0 Å². The molecule has 1 fully saturated rings. The average molecular weight is 427 g/mol. The van der Waals surface area contributed by atoms with E-state index in [-0.39, 0.29) is 11.2 Å². The summed E-state index contributed by atoms with van der Waals surface area (Å²) in [5.41, 5.74) is 1.86. The third-order valence-electron chi connectivity index (χ3n) is 5.71. The quantitative estimate of drug-likeness (QED) is 0.527. The molecule has 0 saturated carbocycles. The first-order valence-electron chi connectivity index (χ1n) is 11.0. The largest absolute Gasteiger partial charge is 0.357 e. The molecule has 0 amide bonds. The molecule has 2 N–H and O–H groups in total. The Balaban J connectivity index is 1.63. The van der Waals surface area contributed by atoms with Crippen LogP contribution in [0.2, 0.25) is 0 Å². The number of benzene rings is 1. The summed E-state index contributed by atoms with van der Waals surface area (Å²) in [5, 5.41) is 6.72. The number of anilines is 1. The number of nitrogens with zero attached hydrogens (tertiary/aromatic N) is 4. The molecule has 0 spiro atoms. The molecule has 1 saturated heterocycles. The second kappa shape index (κ2) is 10.6. The van der Waals surface area contributed by atoms with Gasteiger partial charge in [-0.2, -0.15) is 0 Å². The molecule has 7 heteroatoms. The highest BCUT2D eigenvalue weighted by Gasteiger charge is 2.21. The van der Waals surface area contributed by atoms with Crippen LogP contribution in [0.25, 0.3) is 0 Å². The molecule has 1 aromatic carbocycles. The standard InChI is InChI=1S/C24H35FN6/c1-5-26-23(29-18-24(2,3)20-7-6-8-21(25)16-20)28-17-19-9-10-27-22(15-19)31-13-11-30(4)12-14-31/h6-10,15-16H,5,11-14,17-18H2,1-4H3,(H2,26,28,29). The molecule has 2 aromatic rings. The van der Waals surface area contributed by atoms with Crippen LogP contribution in [-0.4, -0.2) is 62.2 Å². The van der Waals surface area contributed by atoms with Crippen LogP contribution in [-0.2, 0) is 12.0 Å². The number of rotatable bonds is 7. The van der Waals surface area contributed by atoms with E-state index in [9.17, 15) is 4.39 Å². The zero-order valence-corrected chi connectivity index (χ0v) is 19.2. The fourth-order valence-electron chi connectivity index (χ4n) is 3.60. The summed E-state index contributed by atoms with van der Waals surface area (Å²) in [5.74, 6) is 1.57. The predicted octanol–water partition coefficient (Wildman–Crippen LogP) is 3.01. The number of hydrogen-bond acceptors (Lipinski definition) is 4. The van der Waals surface area contributed by atoms with Gasteiger partial charge in [-0.1, -0.05) is 26.0 Å². The van der Waals surface area contributed by atoms with Gasteiger partial charge in [0.2, 0.25) is 0 Å². The van der Waals surface area contributed by atoms with Crippen molar-refractivity contribution in [2.75, 3.05) is 51.2 Å². The van der Waals surface area contributed by atoms with Crippen molar-refractivity contribution < 1.29 is 4.39 Å². The van der Waals surface area contributed by atoms with Crippen LogP contribution in [0, 0.1) is 5.82 Å². The van der Waals surface area contributed by atoms with Crippen molar-refractivity contribution in [3.63, 3.8) is 0 Å². The molecule has 3 rings (SSSR count). The monoisotopic (exact) mass is 426 g/mol. The van der Waals surface area contributed by atoms with E-state index in [1.54, 1.807) is 12.1 Å². The van der Waals surface area contributed by atoms with Gasteiger partial charge in [0.1, 0.15) is 11.6 Å². The molecule has 168 valence electrons. The Kier molecular flexibility index (Phi) is 7.85. The van der Waals surface area contributed by atoms with E-state index in [1.165, 1.54) is 6.07 Å². The predicted molar refractivity (Wildman–Crippen MR) is 126 cm³/mol. The molecule has 0 aliphatic carbocycles. The highest BCUT2D eigenvalue weighted by Crippen LogP contribution is 2.23. The van der Waals surface area contributed by atoms with Crippen LogP contribution in [0.1, 0.15) is 31.9 Å². The first kappa shape index (κ1) is 23.0. The number of aliphatic imine (C=N–C) groups is 1. The van der Waals surface area contributed by atoms with Crippen LogP contribution in [0.4, 0.5) is 10.2 Å². The number of piperazine rings is 1. The SMILES string of the molecule is CCNC(=NCc1ccnc(N2CCN(C)CC2)c1)NCC(C)(C)c1cccc(F)c1. The van der Waals surface area contributed by atoms with Gasteiger partial charge in [-0.25, -0.2) is 14.4 Å². The molecular formula is C24H35FN6. The van der Waals surface area contributed by atoms with Crippen LogP contribution in [0.5, 0.6) is 0 Å². The molecule has 1 aliphatic rings. The molecule has 0 atom stereocenters. The number of nitrogens with one attached hydrogen (secondary N) is 2. The van der Waals surface area contributed by atoms with E-state index in [0.717, 1.165) is 55.6 Å². The Bertz CT molecular complexity index is 874. The molecule has 1 aromatic heterocycles. The van der Waals surface area contributed by atoms with Crippen molar-refractivity contribution in [3.8, 4) is 0 Å². The molecule has 2 heterocycles. The molecule has 0 radical (unpaired) electrons. The van der Waals surface area contributed by atoms with Gasteiger partial charge in [-0.05, 0) is 49.4 Å². The molecule has 0 unspecified atom stereocenters. The maximum atomic E-state index is 13.6. The summed E-state index contributed by atoms with van der Waals surface area (Å²) in [6.45, 7) is 12.3. The lowest BCUT2D eigenvalue weighted by molar-refractivity contribution is 0.312. The van der Waals surface area contributed by atoms with Crippen LogP contribution in [0.3, 0.4) is 0 Å². The maximum Gasteiger partial charge on any atom is 0.191 e. The van der Waals surface area contributed by atoms with Gasteiger partial charge in [0.15, 0.2) is 5.96 Å². The average Bonchev–Trinajstić information content (AvgIpc) is 2.76. The van der Waals surface area contributed by atoms with Crippen molar-refractivity contribution in [2.45, 2.75) is 32.7 Å². The lowest BCUT2D eigenvalue weighted by Gasteiger charge is -2.33. The smallest absolute Gasteiger partial charge is 0.191 e. The Morgan fingerprint density at radius 1 is 1.13 bits per heavy atom. The van der Waals surface area contributed by atoms with Crippen molar-refractivity contribution in [3.05, 3.63) is 59.5 Å². The summed E-state index contributed by atoms with van der Waals surface area (Å²) < 4.78 is 13.6. The number of guanidine groups is 1. The Hall–Kier alpha value is -2.67. The van der Waals surface area contributed by atoms with Crippen molar-refractivity contribution in [2.24, 2.45) is 4.99 Å². The van der Waals surface area contributed by atoms with Gasteiger partial charge in [0.25, 0.3) is 0 Å². The van der Waals surface area contributed by atoms with E-state index >= 15 is 0 Å². The minimum atomic E-state index is -0.233. The van der Waals surface area contributed by atoms with E-state index in [2.05, 4.69) is 52.4 Å². The lowest BCUT2D eigenvalue weighted by Crippen LogP contribution is -2.44. The second-order valence-electron chi connectivity index (χ2n) is 8.76.